The van der Waals surface area contributed by atoms with Gasteiger partial charge in [-0.05, 0) is 12.8 Å². The highest BCUT2D eigenvalue weighted by Gasteiger charge is 2.28. The molecule has 0 atom stereocenters. The van der Waals surface area contributed by atoms with E-state index in [-0.39, 0.29) is 0 Å². The maximum absolute atomic E-state index is 10.2. The quantitative estimate of drug-likeness (QED) is 0.801. The lowest BCUT2D eigenvalue weighted by Gasteiger charge is -2.31. The number of aromatic nitrogens is 2. The van der Waals surface area contributed by atoms with Gasteiger partial charge in [0, 0.05) is 18.1 Å². The molecule has 2 rings (SSSR count). The zero-order chi connectivity index (χ0) is 9.86. The van der Waals surface area contributed by atoms with Crippen molar-refractivity contribution < 1.29 is 5.11 Å². The topological polar surface area (TPSA) is 58.0 Å². The fourth-order valence-electron chi connectivity index (χ4n) is 1.88. The van der Waals surface area contributed by atoms with Gasteiger partial charge in [-0.2, -0.15) is 4.37 Å². The van der Waals surface area contributed by atoms with Gasteiger partial charge >= 0.3 is 0 Å². The van der Waals surface area contributed by atoms with Crippen LogP contribution in [0.15, 0.2) is 6.33 Å². The van der Waals surface area contributed by atoms with Crippen LogP contribution in [0.2, 0.25) is 0 Å². The lowest BCUT2D eigenvalue weighted by atomic mass is 9.85. The van der Waals surface area contributed by atoms with Crippen molar-refractivity contribution in [2.24, 2.45) is 0 Å². The Bertz CT molecular complexity index is 270. The standard InChI is InChI=1S/C9H15N3OS/c13-9(4-2-1-3-5-9)6-10-8-11-7-12-14-8/h7,13H,1-6H2,(H,10,11,12). The minimum Gasteiger partial charge on any atom is -0.388 e. The molecule has 0 saturated heterocycles. The van der Waals surface area contributed by atoms with E-state index in [1.54, 1.807) is 0 Å². The van der Waals surface area contributed by atoms with E-state index in [9.17, 15) is 5.11 Å². The van der Waals surface area contributed by atoms with Gasteiger partial charge in [0.1, 0.15) is 6.33 Å². The van der Waals surface area contributed by atoms with Gasteiger partial charge in [-0.15, -0.1) is 0 Å². The monoisotopic (exact) mass is 213 g/mol. The van der Waals surface area contributed by atoms with Crippen molar-refractivity contribution in [1.29, 1.82) is 0 Å². The number of nitrogens with one attached hydrogen (secondary N) is 1. The Labute approximate surface area is 87.5 Å². The SMILES string of the molecule is OC1(CNc2ncns2)CCCCC1. The fourth-order valence-corrected chi connectivity index (χ4v) is 2.30. The second kappa shape index (κ2) is 4.23. The van der Waals surface area contributed by atoms with Crippen LogP contribution in [0, 0.1) is 0 Å². The van der Waals surface area contributed by atoms with Crippen molar-refractivity contribution in [2.45, 2.75) is 37.7 Å². The molecule has 1 heterocycles. The molecule has 1 aromatic heterocycles. The predicted molar refractivity (Wildman–Crippen MR) is 56.4 cm³/mol. The molecule has 0 bridgehead atoms. The Hall–Kier alpha value is -0.680. The zero-order valence-corrected chi connectivity index (χ0v) is 8.89. The number of aliphatic hydroxyl groups is 1. The van der Waals surface area contributed by atoms with Gasteiger partial charge in [0.15, 0.2) is 0 Å². The van der Waals surface area contributed by atoms with E-state index in [0.717, 1.165) is 30.8 Å². The molecule has 0 unspecified atom stereocenters. The molecule has 0 aromatic carbocycles. The third kappa shape index (κ3) is 2.42. The summed E-state index contributed by atoms with van der Waals surface area (Å²) in [5, 5.41) is 14.1. The molecule has 0 aliphatic heterocycles. The summed E-state index contributed by atoms with van der Waals surface area (Å²) in [4.78, 5) is 4.02. The van der Waals surface area contributed by atoms with Crippen molar-refractivity contribution in [1.82, 2.24) is 9.36 Å². The summed E-state index contributed by atoms with van der Waals surface area (Å²) in [6.07, 6.45) is 6.85. The number of nitrogens with zero attached hydrogens (tertiary/aromatic N) is 2. The Morgan fingerprint density at radius 3 is 2.86 bits per heavy atom. The van der Waals surface area contributed by atoms with Crippen LogP contribution in [0.25, 0.3) is 0 Å². The van der Waals surface area contributed by atoms with Gasteiger partial charge in [-0.25, -0.2) is 4.98 Å². The molecular formula is C9H15N3OS. The number of hydrogen-bond acceptors (Lipinski definition) is 5. The van der Waals surface area contributed by atoms with E-state index in [1.165, 1.54) is 24.3 Å². The minimum absolute atomic E-state index is 0.524. The van der Waals surface area contributed by atoms with Gasteiger partial charge in [-0.3, -0.25) is 0 Å². The highest BCUT2D eigenvalue weighted by atomic mass is 32.1. The molecule has 14 heavy (non-hydrogen) atoms. The lowest BCUT2D eigenvalue weighted by molar-refractivity contribution is 0.0167. The van der Waals surface area contributed by atoms with Crippen LogP contribution in [-0.4, -0.2) is 26.6 Å². The molecule has 1 aliphatic carbocycles. The minimum atomic E-state index is -0.524. The summed E-state index contributed by atoms with van der Waals surface area (Å²) < 4.78 is 3.90. The number of anilines is 1. The molecule has 0 radical (unpaired) electrons. The first kappa shape index (κ1) is 9.86. The van der Waals surface area contributed by atoms with Crippen molar-refractivity contribution in [3.05, 3.63) is 6.33 Å². The largest absolute Gasteiger partial charge is 0.388 e. The van der Waals surface area contributed by atoms with E-state index in [0.29, 0.717) is 6.54 Å². The fraction of sp³-hybridized carbons (Fsp3) is 0.778. The van der Waals surface area contributed by atoms with Gasteiger partial charge in [0.25, 0.3) is 0 Å². The van der Waals surface area contributed by atoms with E-state index in [4.69, 9.17) is 0 Å². The van der Waals surface area contributed by atoms with Gasteiger partial charge < -0.3 is 10.4 Å². The molecule has 1 aliphatic rings. The normalized spacial score (nSPS) is 20.6. The van der Waals surface area contributed by atoms with Crippen molar-refractivity contribution in [3.63, 3.8) is 0 Å². The third-order valence-corrected chi connectivity index (χ3v) is 3.34. The Morgan fingerprint density at radius 1 is 1.43 bits per heavy atom. The molecule has 0 spiro atoms. The van der Waals surface area contributed by atoms with Crippen LogP contribution in [0.4, 0.5) is 5.13 Å². The maximum atomic E-state index is 10.2. The van der Waals surface area contributed by atoms with Crippen LogP contribution >= 0.6 is 11.5 Å². The molecule has 0 amide bonds. The van der Waals surface area contributed by atoms with Crippen molar-refractivity contribution in [2.75, 3.05) is 11.9 Å². The first-order valence-electron chi connectivity index (χ1n) is 5.01. The first-order chi connectivity index (χ1) is 6.79. The number of rotatable bonds is 3. The summed E-state index contributed by atoms with van der Waals surface area (Å²) >= 11 is 1.33. The smallest absolute Gasteiger partial charge is 0.202 e. The molecule has 5 heteroatoms. The summed E-state index contributed by atoms with van der Waals surface area (Å²) in [6.45, 7) is 0.599. The Balaban J connectivity index is 1.84. The average molecular weight is 213 g/mol. The predicted octanol–water partition coefficient (Wildman–Crippen LogP) is 1.65. The molecule has 1 aromatic rings. The highest BCUT2D eigenvalue weighted by molar-refractivity contribution is 7.09. The molecule has 2 N–H and O–H groups in total. The van der Waals surface area contributed by atoms with Crippen LogP contribution in [0.5, 0.6) is 0 Å². The van der Waals surface area contributed by atoms with E-state index in [2.05, 4.69) is 14.7 Å². The summed E-state index contributed by atoms with van der Waals surface area (Å²) in [5.41, 5.74) is -0.524. The van der Waals surface area contributed by atoms with E-state index >= 15 is 0 Å². The summed E-state index contributed by atoms with van der Waals surface area (Å²) in [5.74, 6) is 0. The number of hydrogen-bond donors (Lipinski definition) is 2. The lowest BCUT2D eigenvalue weighted by Crippen LogP contribution is -2.38. The summed E-state index contributed by atoms with van der Waals surface area (Å²) in [7, 11) is 0. The van der Waals surface area contributed by atoms with E-state index < -0.39 is 5.60 Å². The second-order valence-corrected chi connectivity index (χ2v) is 4.67. The molecule has 1 saturated carbocycles. The summed E-state index contributed by atoms with van der Waals surface area (Å²) in [6, 6.07) is 0. The highest BCUT2D eigenvalue weighted by Crippen LogP contribution is 2.28. The van der Waals surface area contributed by atoms with E-state index in [1.807, 2.05) is 0 Å². The van der Waals surface area contributed by atoms with Crippen molar-refractivity contribution in [3.8, 4) is 0 Å². The van der Waals surface area contributed by atoms with Gasteiger partial charge in [-0.1, -0.05) is 19.3 Å². The second-order valence-electron chi connectivity index (χ2n) is 3.88. The molecular weight excluding hydrogens is 198 g/mol. The molecule has 78 valence electrons. The van der Waals surface area contributed by atoms with Gasteiger partial charge in [0.2, 0.25) is 5.13 Å². The third-order valence-electron chi connectivity index (χ3n) is 2.71. The van der Waals surface area contributed by atoms with Crippen LogP contribution < -0.4 is 5.32 Å². The molecule has 1 fully saturated rings. The molecule has 4 nitrogen and oxygen atoms in total. The van der Waals surface area contributed by atoms with Crippen LogP contribution in [0.3, 0.4) is 0 Å². The zero-order valence-electron chi connectivity index (χ0n) is 8.07. The Kier molecular flexibility index (Phi) is 2.98. The first-order valence-corrected chi connectivity index (χ1v) is 5.79. The Morgan fingerprint density at radius 2 is 2.21 bits per heavy atom. The van der Waals surface area contributed by atoms with Gasteiger partial charge in [0.05, 0.1) is 5.60 Å². The maximum Gasteiger partial charge on any atom is 0.202 e. The van der Waals surface area contributed by atoms with Crippen molar-refractivity contribution >= 4 is 16.7 Å². The van der Waals surface area contributed by atoms with Crippen LogP contribution in [0.1, 0.15) is 32.1 Å². The van der Waals surface area contributed by atoms with Crippen LogP contribution in [-0.2, 0) is 0 Å². The average Bonchev–Trinajstić information content (AvgIpc) is 2.69.